The van der Waals surface area contributed by atoms with Crippen molar-refractivity contribution >= 4 is 5.96 Å². The SMILES string of the molecule is NC(=NCc1cccc2c1OCCCO2)NC1CC1. The molecule has 1 saturated carbocycles. The van der Waals surface area contributed by atoms with E-state index in [0.717, 1.165) is 23.5 Å². The van der Waals surface area contributed by atoms with Crippen LogP contribution in [0.1, 0.15) is 24.8 Å². The number of hydrogen-bond donors (Lipinski definition) is 2. The third-order valence-electron chi connectivity index (χ3n) is 3.20. The van der Waals surface area contributed by atoms with Gasteiger partial charge in [0.1, 0.15) is 0 Å². The van der Waals surface area contributed by atoms with Crippen LogP contribution < -0.4 is 20.5 Å². The minimum Gasteiger partial charge on any atom is -0.490 e. The summed E-state index contributed by atoms with van der Waals surface area (Å²) >= 11 is 0. The lowest BCUT2D eigenvalue weighted by Crippen LogP contribution is -2.33. The van der Waals surface area contributed by atoms with Crippen LogP contribution in [-0.4, -0.2) is 25.2 Å². The standard InChI is InChI=1S/C14H19N3O2/c15-14(17-11-5-6-11)16-9-10-3-1-4-12-13(10)19-8-2-7-18-12/h1,3-4,11H,2,5-9H2,(H3,15,16,17). The van der Waals surface area contributed by atoms with Gasteiger partial charge in [0.05, 0.1) is 19.8 Å². The molecule has 0 radical (unpaired) electrons. The van der Waals surface area contributed by atoms with E-state index >= 15 is 0 Å². The summed E-state index contributed by atoms with van der Waals surface area (Å²) in [5, 5.41) is 3.17. The van der Waals surface area contributed by atoms with Gasteiger partial charge in [0.15, 0.2) is 17.5 Å². The third-order valence-corrected chi connectivity index (χ3v) is 3.20. The molecule has 1 aliphatic carbocycles. The predicted molar refractivity (Wildman–Crippen MR) is 73.5 cm³/mol. The Hall–Kier alpha value is -1.91. The predicted octanol–water partition coefficient (Wildman–Crippen LogP) is 1.41. The maximum absolute atomic E-state index is 5.84. The molecule has 2 aliphatic rings. The first-order chi connectivity index (χ1) is 9.33. The van der Waals surface area contributed by atoms with Gasteiger partial charge in [-0.1, -0.05) is 12.1 Å². The monoisotopic (exact) mass is 261 g/mol. The van der Waals surface area contributed by atoms with Crippen molar-refractivity contribution in [3.63, 3.8) is 0 Å². The second kappa shape index (κ2) is 5.38. The average molecular weight is 261 g/mol. The molecule has 1 aromatic rings. The molecule has 1 aromatic carbocycles. The maximum atomic E-state index is 5.84. The van der Waals surface area contributed by atoms with Crippen LogP contribution in [0.2, 0.25) is 0 Å². The second-order valence-corrected chi connectivity index (χ2v) is 4.91. The van der Waals surface area contributed by atoms with E-state index in [4.69, 9.17) is 15.2 Å². The van der Waals surface area contributed by atoms with Crippen molar-refractivity contribution in [1.29, 1.82) is 0 Å². The van der Waals surface area contributed by atoms with Crippen LogP contribution in [0.5, 0.6) is 11.5 Å². The number of para-hydroxylation sites is 1. The fourth-order valence-corrected chi connectivity index (χ4v) is 2.03. The van der Waals surface area contributed by atoms with E-state index in [-0.39, 0.29) is 0 Å². The van der Waals surface area contributed by atoms with E-state index < -0.39 is 0 Å². The van der Waals surface area contributed by atoms with Gasteiger partial charge in [0.25, 0.3) is 0 Å². The molecular formula is C14H19N3O2. The van der Waals surface area contributed by atoms with Crippen molar-refractivity contribution in [2.75, 3.05) is 13.2 Å². The maximum Gasteiger partial charge on any atom is 0.189 e. The largest absolute Gasteiger partial charge is 0.490 e. The molecule has 102 valence electrons. The molecule has 1 heterocycles. The van der Waals surface area contributed by atoms with Crippen molar-refractivity contribution in [3.05, 3.63) is 23.8 Å². The van der Waals surface area contributed by atoms with Gasteiger partial charge in [-0.3, -0.25) is 0 Å². The lowest BCUT2D eigenvalue weighted by molar-refractivity contribution is 0.296. The minimum atomic E-state index is 0.509. The topological polar surface area (TPSA) is 68.9 Å². The quantitative estimate of drug-likeness (QED) is 0.637. The molecule has 3 N–H and O–H groups in total. The molecule has 0 atom stereocenters. The minimum absolute atomic E-state index is 0.509. The number of rotatable bonds is 3. The summed E-state index contributed by atoms with van der Waals surface area (Å²) in [6, 6.07) is 6.42. The zero-order chi connectivity index (χ0) is 13.1. The van der Waals surface area contributed by atoms with E-state index in [1.165, 1.54) is 12.8 Å². The molecule has 1 fully saturated rings. The number of nitrogens with two attached hydrogens (primary N) is 1. The van der Waals surface area contributed by atoms with Gasteiger partial charge in [-0.15, -0.1) is 0 Å². The highest BCUT2D eigenvalue weighted by Gasteiger charge is 2.21. The van der Waals surface area contributed by atoms with Crippen LogP contribution in [0.4, 0.5) is 0 Å². The van der Waals surface area contributed by atoms with Gasteiger partial charge in [-0.2, -0.15) is 0 Å². The Morgan fingerprint density at radius 3 is 3.00 bits per heavy atom. The Morgan fingerprint density at radius 2 is 2.16 bits per heavy atom. The summed E-state index contributed by atoms with van der Waals surface area (Å²) in [5.41, 5.74) is 6.85. The fourth-order valence-electron chi connectivity index (χ4n) is 2.03. The Kier molecular flexibility index (Phi) is 3.44. The number of guanidine groups is 1. The normalized spacial score (nSPS) is 18.8. The van der Waals surface area contributed by atoms with Gasteiger partial charge in [0.2, 0.25) is 0 Å². The number of ether oxygens (including phenoxy) is 2. The summed E-state index contributed by atoms with van der Waals surface area (Å²) < 4.78 is 11.4. The van der Waals surface area contributed by atoms with Crippen LogP contribution in [0.25, 0.3) is 0 Å². The molecule has 0 amide bonds. The first kappa shape index (κ1) is 12.1. The number of benzene rings is 1. The first-order valence-corrected chi connectivity index (χ1v) is 6.77. The molecule has 0 aromatic heterocycles. The summed E-state index contributed by atoms with van der Waals surface area (Å²) in [7, 11) is 0. The van der Waals surface area contributed by atoms with Crippen LogP contribution >= 0.6 is 0 Å². The van der Waals surface area contributed by atoms with E-state index in [1.807, 2.05) is 18.2 Å². The Morgan fingerprint density at radius 1 is 1.32 bits per heavy atom. The van der Waals surface area contributed by atoms with Gasteiger partial charge >= 0.3 is 0 Å². The summed E-state index contributed by atoms with van der Waals surface area (Å²) in [6.07, 6.45) is 3.28. The second-order valence-electron chi connectivity index (χ2n) is 4.91. The van der Waals surface area contributed by atoms with Crippen molar-refractivity contribution in [1.82, 2.24) is 5.32 Å². The van der Waals surface area contributed by atoms with Crippen molar-refractivity contribution in [2.45, 2.75) is 31.8 Å². The van der Waals surface area contributed by atoms with Gasteiger partial charge < -0.3 is 20.5 Å². The fraction of sp³-hybridized carbons (Fsp3) is 0.500. The van der Waals surface area contributed by atoms with Crippen LogP contribution in [-0.2, 0) is 6.54 Å². The Balaban J connectivity index is 1.72. The summed E-state index contributed by atoms with van der Waals surface area (Å²) in [5.74, 6) is 2.12. The van der Waals surface area contributed by atoms with Gasteiger partial charge in [-0.05, 0) is 18.9 Å². The van der Waals surface area contributed by atoms with Crippen LogP contribution in [0, 0.1) is 0 Å². The van der Waals surface area contributed by atoms with Crippen molar-refractivity contribution in [2.24, 2.45) is 10.7 Å². The van der Waals surface area contributed by atoms with E-state index in [1.54, 1.807) is 0 Å². The smallest absolute Gasteiger partial charge is 0.189 e. The summed E-state index contributed by atoms with van der Waals surface area (Å²) in [6.45, 7) is 1.90. The number of hydrogen-bond acceptors (Lipinski definition) is 3. The molecule has 1 aliphatic heterocycles. The highest BCUT2D eigenvalue weighted by molar-refractivity contribution is 5.78. The number of fused-ring (bicyclic) bond motifs is 1. The number of nitrogens with one attached hydrogen (secondary N) is 1. The highest BCUT2D eigenvalue weighted by Crippen LogP contribution is 2.33. The molecule has 5 nitrogen and oxygen atoms in total. The molecule has 3 rings (SSSR count). The van der Waals surface area contributed by atoms with E-state index in [9.17, 15) is 0 Å². The van der Waals surface area contributed by atoms with Crippen molar-refractivity contribution in [3.8, 4) is 11.5 Å². The van der Waals surface area contributed by atoms with E-state index in [2.05, 4.69) is 10.3 Å². The van der Waals surface area contributed by atoms with Gasteiger partial charge in [0, 0.05) is 18.0 Å². The molecule has 0 bridgehead atoms. The molecular weight excluding hydrogens is 242 g/mol. The lowest BCUT2D eigenvalue weighted by Gasteiger charge is -2.11. The zero-order valence-electron chi connectivity index (χ0n) is 10.9. The molecule has 0 spiro atoms. The Labute approximate surface area is 112 Å². The average Bonchev–Trinajstić information content (AvgIpc) is 3.22. The van der Waals surface area contributed by atoms with E-state index in [0.29, 0.717) is 31.8 Å². The lowest BCUT2D eigenvalue weighted by atomic mass is 10.2. The molecule has 0 saturated heterocycles. The summed E-state index contributed by atoms with van der Waals surface area (Å²) in [4.78, 5) is 4.36. The number of nitrogens with zero attached hydrogens (tertiary/aromatic N) is 1. The molecule has 5 heteroatoms. The number of aliphatic imine (C=N–C) groups is 1. The molecule has 0 unspecified atom stereocenters. The first-order valence-electron chi connectivity index (χ1n) is 6.77. The molecule has 19 heavy (non-hydrogen) atoms. The highest BCUT2D eigenvalue weighted by atomic mass is 16.5. The van der Waals surface area contributed by atoms with Crippen LogP contribution in [0.15, 0.2) is 23.2 Å². The van der Waals surface area contributed by atoms with Gasteiger partial charge in [-0.25, -0.2) is 4.99 Å². The Bertz CT molecular complexity index is 484. The zero-order valence-corrected chi connectivity index (χ0v) is 10.9. The van der Waals surface area contributed by atoms with Crippen molar-refractivity contribution < 1.29 is 9.47 Å². The third kappa shape index (κ3) is 3.10. The van der Waals surface area contributed by atoms with Crippen LogP contribution in [0.3, 0.4) is 0 Å².